The molecule has 0 aliphatic heterocycles. The Hall–Kier alpha value is -0.930. The van der Waals surface area contributed by atoms with E-state index in [1.807, 2.05) is 0 Å². The van der Waals surface area contributed by atoms with Gasteiger partial charge in [0.2, 0.25) is 0 Å². The zero-order valence-corrected chi connectivity index (χ0v) is 8.95. The molecular weight excluding hydrogens is 218 g/mol. The van der Waals surface area contributed by atoms with Gasteiger partial charge in [-0.3, -0.25) is 0 Å². The molecule has 3 radical (unpaired) electrons. The second-order valence-corrected chi connectivity index (χ2v) is 3.56. The van der Waals surface area contributed by atoms with Crippen LogP contribution in [0.1, 0.15) is 31.7 Å². The number of halogens is 4. The normalized spacial score (nSPS) is 12.6. The van der Waals surface area contributed by atoms with Crippen LogP contribution in [0.4, 0.5) is 17.6 Å². The predicted molar refractivity (Wildman–Crippen MR) is 56.1 cm³/mol. The third-order valence-electron chi connectivity index (χ3n) is 2.60. The Morgan fingerprint density at radius 3 is 1.81 bits per heavy atom. The monoisotopic (exact) mass is 227 g/mol. The summed E-state index contributed by atoms with van der Waals surface area (Å²) in [6.07, 6.45) is 0.373. The van der Waals surface area contributed by atoms with Crippen LogP contribution < -0.4 is 5.46 Å². The van der Waals surface area contributed by atoms with E-state index in [1.54, 1.807) is 6.92 Å². The Morgan fingerprint density at radius 2 is 1.50 bits per heavy atom. The lowest BCUT2D eigenvalue weighted by molar-refractivity contribution is 0.435. The Bertz CT molecular complexity index is 377. The lowest BCUT2D eigenvalue weighted by Gasteiger charge is -2.15. The van der Waals surface area contributed by atoms with E-state index in [0.717, 1.165) is 0 Å². The van der Waals surface area contributed by atoms with Crippen molar-refractivity contribution in [3.8, 4) is 0 Å². The highest BCUT2D eigenvalue weighted by Crippen LogP contribution is 2.27. The first-order valence-corrected chi connectivity index (χ1v) is 4.86. The van der Waals surface area contributed by atoms with Crippen molar-refractivity contribution < 1.29 is 17.6 Å². The first-order valence-electron chi connectivity index (χ1n) is 4.86. The minimum absolute atomic E-state index is 0.373. The second-order valence-electron chi connectivity index (χ2n) is 3.56. The minimum atomic E-state index is -1.45. The molecule has 0 saturated carbocycles. The van der Waals surface area contributed by atoms with Crippen LogP contribution in [0.15, 0.2) is 0 Å². The van der Waals surface area contributed by atoms with Gasteiger partial charge >= 0.3 is 0 Å². The summed E-state index contributed by atoms with van der Waals surface area (Å²) in [4.78, 5) is 0. The maximum Gasteiger partial charge on any atom is 0.164 e. The van der Waals surface area contributed by atoms with Crippen molar-refractivity contribution in [2.24, 2.45) is 0 Å². The highest BCUT2D eigenvalue weighted by atomic mass is 19.2. The summed E-state index contributed by atoms with van der Waals surface area (Å²) in [5.74, 6) is -6.24. The van der Waals surface area contributed by atoms with E-state index in [9.17, 15) is 17.6 Å². The number of hydrogen-bond donors (Lipinski definition) is 0. The molecule has 0 fully saturated rings. The SMILES string of the molecule is [B][B]c1c(F)c(F)c(C(C)CC)c(F)c1F. The Morgan fingerprint density at radius 1 is 1.06 bits per heavy atom. The second kappa shape index (κ2) is 4.93. The summed E-state index contributed by atoms with van der Waals surface area (Å²) in [6, 6.07) is 0. The van der Waals surface area contributed by atoms with E-state index in [4.69, 9.17) is 7.74 Å². The number of benzene rings is 1. The summed E-state index contributed by atoms with van der Waals surface area (Å²) < 4.78 is 53.6. The van der Waals surface area contributed by atoms with Crippen molar-refractivity contribution in [3.05, 3.63) is 28.8 Å². The minimum Gasteiger partial charge on any atom is -0.204 e. The molecule has 0 heterocycles. The molecule has 1 unspecified atom stereocenters. The van der Waals surface area contributed by atoms with Crippen LogP contribution in [0.3, 0.4) is 0 Å². The fourth-order valence-corrected chi connectivity index (χ4v) is 1.45. The van der Waals surface area contributed by atoms with Gasteiger partial charge in [-0.05, 0) is 17.8 Å². The molecule has 6 heteroatoms. The molecule has 0 aliphatic carbocycles. The standard InChI is InChI=1S/C10H9B2F4/c1-3-4(2)5-7(13)9(15)6(12-11)10(16)8(5)14/h4H,3H2,1-2H3. The van der Waals surface area contributed by atoms with Crippen LogP contribution in [0.5, 0.6) is 0 Å². The predicted octanol–water partition coefficient (Wildman–Crippen LogP) is 2.17. The van der Waals surface area contributed by atoms with Gasteiger partial charge in [0.25, 0.3) is 0 Å². The maximum atomic E-state index is 13.5. The van der Waals surface area contributed by atoms with E-state index in [-0.39, 0.29) is 0 Å². The van der Waals surface area contributed by atoms with Crippen LogP contribution in [0.2, 0.25) is 0 Å². The Labute approximate surface area is 93.7 Å². The molecule has 1 aromatic carbocycles. The number of hydrogen-bond acceptors (Lipinski definition) is 0. The van der Waals surface area contributed by atoms with Crippen LogP contribution >= 0.6 is 0 Å². The summed E-state index contributed by atoms with van der Waals surface area (Å²) in [7, 11) is 5.42. The average Bonchev–Trinajstić information content (AvgIpc) is 2.27. The van der Waals surface area contributed by atoms with Crippen LogP contribution in [-0.2, 0) is 0 Å². The summed E-state index contributed by atoms with van der Waals surface area (Å²) in [5.41, 5.74) is -1.44. The van der Waals surface area contributed by atoms with Gasteiger partial charge in [0.15, 0.2) is 23.3 Å². The topological polar surface area (TPSA) is 0 Å². The van der Waals surface area contributed by atoms with Gasteiger partial charge in [-0.15, -0.1) is 0 Å². The highest BCUT2D eigenvalue weighted by Gasteiger charge is 2.26. The zero-order valence-electron chi connectivity index (χ0n) is 8.95. The molecular formula is C10H9B2F4. The van der Waals surface area contributed by atoms with Crippen molar-refractivity contribution in [2.75, 3.05) is 0 Å². The first kappa shape index (κ1) is 13.1. The van der Waals surface area contributed by atoms with E-state index >= 15 is 0 Å². The molecule has 1 aromatic rings. The molecule has 0 nitrogen and oxygen atoms in total. The largest absolute Gasteiger partial charge is 0.204 e. The summed E-state index contributed by atoms with van der Waals surface area (Å²) in [6.45, 7) is 3.16. The first-order chi connectivity index (χ1) is 7.45. The van der Waals surface area contributed by atoms with E-state index in [2.05, 4.69) is 0 Å². The molecule has 0 aliphatic rings. The molecule has 1 atom stereocenters. The smallest absolute Gasteiger partial charge is 0.164 e. The van der Waals surface area contributed by atoms with E-state index < -0.39 is 40.2 Å². The lowest BCUT2D eigenvalue weighted by Crippen LogP contribution is -2.28. The van der Waals surface area contributed by atoms with Gasteiger partial charge in [-0.25, -0.2) is 17.6 Å². The van der Waals surface area contributed by atoms with Gasteiger partial charge in [-0.1, -0.05) is 13.8 Å². The third-order valence-corrected chi connectivity index (χ3v) is 2.60. The van der Waals surface area contributed by atoms with Crippen molar-refractivity contribution in [2.45, 2.75) is 26.2 Å². The fraction of sp³-hybridized carbons (Fsp3) is 0.400. The molecule has 16 heavy (non-hydrogen) atoms. The Kier molecular flexibility index (Phi) is 4.05. The third kappa shape index (κ3) is 1.97. The summed E-state index contributed by atoms with van der Waals surface area (Å²) in [5, 5.41) is 0. The van der Waals surface area contributed by atoms with E-state index in [1.165, 1.54) is 6.92 Å². The fourth-order valence-electron chi connectivity index (χ4n) is 1.45. The molecule has 0 amide bonds. The van der Waals surface area contributed by atoms with E-state index in [0.29, 0.717) is 13.6 Å². The van der Waals surface area contributed by atoms with Crippen LogP contribution in [0, 0.1) is 23.3 Å². The summed E-state index contributed by atoms with van der Waals surface area (Å²) >= 11 is 0. The van der Waals surface area contributed by atoms with Gasteiger partial charge in [-0.2, -0.15) is 0 Å². The van der Waals surface area contributed by atoms with Gasteiger partial charge < -0.3 is 0 Å². The van der Waals surface area contributed by atoms with Crippen LogP contribution in [0.25, 0.3) is 0 Å². The Balaban J connectivity index is 3.53. The van der Waals surface area contributed by atoms with Crippen molar-refractivity contribution in [1.82, 2.24) is 0 Å². The molecule has 0 N–H and O–H groups in total. The van der Waals surface area contributed by atoms with Gasteiger partial charge in [0.1, 0.15) is 7.17 Å². The van der Waals surface area contributed by atoms with Crippen molar-refractivity contribution in [1.29, 1.82) is 0 Å². The van der Waals surface area contributed by atoms with Crippen molar-refractivity contribution >= 4 is 20.4 Å². The lowest BCUT2D eigenvalue weighted by atomic mass is 9.51. The molecule has 0 aromatic heterocycles. The zero-order chi connectivity index (χ0) is 12.5. The molecule has 1 rings (SSSR count). The van der Waals surface area contributed by atoms with Gasteiger partial charge in [0.05, 0.1) is 0 Å². The van der Waals surface area contributed by atoms with Gasteiger partial charge in [0, 0.05) is 13.3 Å². The quantitative estimate of drug-likeness (QED) is 0.421. The van der Waals surface area contributed by atoms with Crippen molar-refractivity contribution in [3.63, 3.8) is 0 Å². The molecule has 0 saturated heterocycles. The highest BCUT2D eigenvalue weighted by molar-refractivity contribution is 6.97. The molecule has 0 spiro atoms. The van der Waals surface area contributed by atoms with Crippen LogP contribution in [-0.4, -0.2) is 14.9 Å². The molecule has 0 bridgehead atoms. The average molecular weight is 227 g/mol. The number of rotatable bonds is 3. The maximum absolute atomic E-state index is 13.5. The molecule has 83 valence electrons.